The van der Waals surface area contributed by atoms with E-state index in [-0.39, 0.29) is 0 Å². The van der Waals surface area contributed by atoms with Gasteiger partial charge >= 0.3 is 0 Å². The SMILES string of the molecule is Cc1ccccc1CN(C)CC1CCC1. The summed E-state index contributed by atoms with van der Waals surface area (Å²) in [5, 5.41) is 0. The van der Waals surface area contributed by atoms with E-state index in [1.807, 2.05) is 0 Å². The van der Waals surface area contributed by atoms with E-state index in [2.05, 4.69) is 43.1 Å². The molecular weight excluding hydrogens is 182 g/mol. The molecule has 0 heterocycles. The fraction of sp³-hybridized carbons (Fsp3) is 0.571. The van der Waals surface area contributed by atoms with Crippen molar-refractivity contribution in [1.29, 1.82) is 0 Å². The van der Waals surface area contributed by atoms with Crippen molar-refractivity contribution in [3.8, 4) is 0 Å². The summed E-state index contributed by atoms with van der Waals surface area (Å²) in [5.41, 5.74) is 2.89. The van der Waals surface area contributed by atoms with Crippen molar-refractivity contribution in [3.05, 3.63) is 35.4 Å². The van der Waals surface area contributed by atoms with Crippen LogP contribution >= 0.6 is 0 Å². The minimum atomic E-state index is 0.971. The molecule has 1 aliphatic carbocycles. The molecule has 0 saturated heterocycles. The van der Waals surface area contributed by atoms with E-state index >= 15 is 0 Å². The van der Waals surface area contributed by atoms with E-state index < -0.39 is 0 Å². The third kappa shape index (κ3) is 2.82. The summed E-state index contributed by atoms with van der Waals surface area (Å²) in [7, 11) is 2.24. The summed E-state index contributed by atoms with van der Waals surface area (Å²) in [6.07, 6.45) is 4.33. The molecular formula is C14H21N. The quantitative estimate of drug-likeness (QED) is 0.726. The lowest BCUT2D eigenvalue weighted by molar-refractivity contribution is 0.200. The molecule has 0 unspecified atom stereocenters. The highest BCUT2D eigenvalue weighted by Gasteiger charge is 2.18. The van der Waals surface area contributed by atoms with E-state index in [4.69, 9.17) is 0 Å². The molecule has 0 amide bonds. The Balaban J connectivity index is 1.87. The normalized spacial score (nSPS) is 16.7. The largest absolute Gasteiger partial charge is 0.302 e. The Bertz CT molecular complexity index is 315. The van der Waals surface area contributed by atoms with Crippen molar-refractivity contribution in [2.24, 2.45) is 5.92 Å². The maximum absolute atomic E-state index is 2.46. The molecule has 0 radical (unpaired) electrons. The van der Waals surface area contributed by atoms with Gasteiger partial charge in [0.15, 0.2) is 0 Å². The van der Waals surface area contributed by atoms with Gasteiger partial charge < -0.3 is 4.90 Å². The molecule has 0 N–H and O–H groups in total. The van der Waals surface area contributed by atoms with Gasteiger partial charge in [-0.3, -0.25) is 0 Å². The highest BCUT2D eigenvalue weighted by atomic mass is 15.1. The predicted octanol–water partition coefficient (Wildman–Crippen LogP) is 3.23. The summed E-state index contributed by atoms with van der Waals surface area (Å²) in [6.45, 7) is 4.57. The predicted molar refractivity (Wildman–Crippen MR) is 64.9 cm³/mol. The molecule has 1 aromatic carbocycles. The molecule has 1 nitrogen and oxygen atoms in total. The van der Waals surface area contributed by atoms with Crippen LogP contribution in [0.25, 0.3) is 0 Å². The van der Waals surface area contributed by atoms with Crippen LogP contribution in [-0.2, 0) is 6.54 Å². The maximum Gasteiger partial charge on any atom is 0.0233 e. The van der Waals surface area contributed by atoms with Crippen LogP contribution in [0, 0.1) is 12.8 Å². The van der Waals surface area contributed by atoms with Crippen LogP contribution in [0.5, 0.6) is 0 Å². The van der Waals surface area contributed by atoms with Crippen LogP contribution in [0.4, 0.5) is 0 Å². The summed E-state index contributed by atoms with van der Waals surface area (Å²) < 4.78 is 0. The van der Waals surface area contributed by atoms with Gasteiger partial charge in [-0.2, -0.15) is 0 Å². The second-order valence-corrected chi connectivity index (χ2v) is 4.92. The third-order valence-corrected chi connectivity index (χ3v) is 3.50. The topological polar surface area (TPSA) is 3.24 Å². The lowest BCUT2D eigenvalue weighted by atomic mass is 9.85. The molecule has 0 spiro atoms. The van der Waals surface area contributed by atoms with Crippen molar-refractivity contribution in [3.63, 3.8) is 0 Å². The summed E-state index contributed by atoms with van der Waals surface area (Å²) >= 11 is 0. The minimum absolute atomic E-state index is 0.971. The van der Waals surface area contributed by atoms with Gasteiger partial charge in [0.25, 0.3) is 0 Å². The zero-order chi connectivity index (χ0) is 10.7. The lowest BCUT2D eigenvalue weighted by Crippen LogP contribution is -2.29. The smallest absolute Gasteiger partial charge is 0.0233 e. The van der Waals surface area contributed by atoms with Gasteiger partial charge in [0.2, 0.25) is 0 Å². The number of benzene rings is 1. The van der Waals surface area contributed by atoms with Crippen LogP contribution in [0.15, 0.2) is 24.3 Å². The number of aryl methyl sites for hydroxylation is 1. The Kier molecular flexibility index (Phi) is 3.42. The highest BCUT2D eigenvalue weighted by Crippen LogP contribution is 2.27. The van der Waals surface area contributed by atoms with Gasteiger partial charge in [-0.15, -0.1) is 0 Å². The molecule has 1 aliphatic rings. The number of rotatable bonds is 4. The second kappa shape index (κ2) is 4.80. The van der Waals surface area contributed by atoms with Gasteiger partial charge in [0.1, 0.15) is 0 Å². The Morgan fingerprint density at radius 3 is 2.60 bits per heavy atom. The van der Waals surface area contributed by atoms with Crippen molar-refractivity contribution in [2.75, 3.05) is 13.6 Å². The maximum atomic E-state index is 2.46. The standard InChI is InChI=1S/C14H21N/c1-12-6-3-4-9-14(12)11-15(2)10-13-7-5-8-13/h3-4,6,9,13H,5,7-8,10-11H2,1-2H3. The van der Waals surface area contributed by atoms with E-state index in [1.54, 1.807) is 0 Å². The first-order valence-corrected chi connectivity index (χ1v) is 5.99. The molecule has 0 atom stereocenters. The fourth-order valence-corrected chi connectivity index (χ4v) is 2.26. The Morgan fingerprint density at radius 1 is 1.27 bits per heavy atom. The molecule has 15 heavy (non-hydrogen) atoms. The molecule has 2 rings (SSSR count). The number of nitrogens with zero attached hydrogens (tertiary/aromatic N) is 1. The Labute approximate surface area is 93.1 Å². The zero-order valence-electron chi connectivity index (χ0n) is 9.87. The minimum Gasteiger partial charge on any atom is -0.302 e. The van der Waals surface area contributed by atoms with Crippen LogP contribution in [-0.4, -0.2) is 18.5 Å². The van der Waals surface area contributed by atoms with E-state index in [0.29, 0.717) is 0 Å². The molecule has 0 aliphatic heterocycles. The summed E-state index contributed by atoms with van der Waals surface area (Å²) in [4.78, 5) is 2.46. The fourth-order valence-electron chi connectivity index (χ4n) is 2.26. The van der Waals surface area contributed by atoms with Crippen molar-refractivity contribution in [1.82, 2.24) is 4.90 Å². The second-order valence-electron chi connectivity index (χ2n) is 4.92. The average Bonchev–Trinajstić information content (AvgIpc) is 2.16. The van der Waals surface area contributed by atoms with Crippen molar-refractivity contribution >= 4 is 0 Å². The average molecular weight is 203 g/mol. The van der Waals surface area contributed by atoms with Gasteiger partial charge in [-0.05, 0) is 43.9 Å². The highest BCUT2D eigenvalue weighted by molar-refractivity contribution is 5.25. The van der Waals surface area contributed by atoms with E-state index in [1.165, 1.54) is 36.9 Å². The number of hydrogen-bond donors (Lipinski definition) is 0. The first-order valence-electron chi connectivity index (χ1n) is 5.99. The van der Waals surface area contributed by atoms with Crippen molar-refractivity contribution < 1.29 is 0 Å². The van der Waals surface area contributed by atoms with Gasteiger partial charge in [0, 0.05) is 13.1 Å². The molecule has 0 aromatic heterocycles. The molecule has 1 heteroatoms. The van der Waals surface area contributed by atoms with Crippen LogP contribution in [0.1, 0.15) is 30.4 Å². The van der Waals surface area contributed by atoms with E-state index in [9.17, 15) is 0 Å². The van der Waals surface area contributed by atoms with Crippen LogP contribution in [0.2, 0.25) is 0 Å². The van der Waals surface area contributed by atoms with Crippen LogP contribution < -0.4 is 0 Å². The lowest BCUT2D eigenvalue weighted by Gasteiger charge is -2.30. The molecule has 1 fully saturated rings. The Hall–Kier alpha value is -0.820. The van der Waals surface area contributed by atoms with Crippen LogP contribution in [0.3, 0.4) is 0 Å². The Morgan fingerprint density at radius 2 is 2.00 bits per heavy atom. The molecule has 1 aromatic rings. The molecule has 1 saturated carbocycles. The first-order chi connectivity index (χ1) is 7.25. The van der Waals surface area contributed by atoms with Crippen molar-refractivity contribution in [2.45, 2.75) is 32.7 Å². The molecule has 82 valence electrons. The zero-order valence-corrected chi connectivity index (χ0v) is 9.87. The summed E-state index contributed by atoms with van der Waals surface area (Å²) in [5.74, 6) is 0.971. The number of hydrogen-bond acceptors (Lipinski definition) is 1. The first kappa shape index (κ1) is 10.7. The van der Waals surface area contributed by atoms with Gasteiger partial charge in [-0.25, -0.2) is 0 Å². The summed E-state index contributed by atoms with van der Waals surface area (Å²) in [6, 6.07) is 8.70. The van der Waals surface area contributed by atoms with E-state index in [0.717, 1.165) is 12.5 Å². The molecule has 0 bridgehead atoms. The van der Waals surface area contributed by atoms with Gasteiger partial charge in [0.05, 0.1) is 0 Å². The third-order valence-electron chi connectivity index (χ3n) is 3.50. The van der Waals surface area contributed by atoms with Gasteiger partial charge in [-0.1, -0.05) is 30.7 Å². The monoisotopic (exact) mass is 203 g/mol.